The molecule has 6 heteroatoms. The lowest BCUT2D eigenvalue weighted by molar-refractivity contribution is 0.216. The molecular formula is C15H13BrFNO2S. The molecular weight excluding hydrogens is 357 g/mol. The zero-order valence-corrected chi connectivity index (χ0v) is 13.4. The molecule has 0 aliphatic carbocycles. The van der Waals surface area contributed by atoms with Crippen LogP contribution in [0.3, 0.4) is 0 Å². The summed E-state index contributed by atoms with van der Waals surface area (Å²) < 4.78 is 24.5. The number of nitrogens with two attached hydrogens (primary N) is 1. The van der Waals surface area contributed by atoms with Gasteiger partial charge in [0.25, 0.3) is 0 Å². The van der Waals surface area contributed by atoms with Crippen molar-refractivity contribution in [1.29, 1.82) is 0 Å². The van der Waals surface area contributed by atoms with E-state index in [9.17, 15) is 4.39 Å². The summed E-state index contributed by atoms with van der Waals surface area (Å²) in [6.45, 7) is 0.651. The van der Waals surface area contributed by atoms with Crippen molar-refractivity contribution < 1.29 is 13.9 Å². The van der Waals surface area contributed by atoms with Gasteiger partial charge in [-0.2, -0.15) is 0 Å². The number of halogens is 2. The highest BCUT2D eigenvalue weighted by Crippen LogP contribution is 2.22. The van der Waals surface area contributed by atoms with Gasteiger partial charge in [0.1, 0.15) is 35.5 Å². The fraction of sp³-hybridized carbons (Fsp3) is 0.133. The lowest BCUT2D eigenvalue weighted by atomic mass is 10.2. The standard InChI is InChI=1S/C15H13BrFNO2S/c16-12-9-10(5-6-13(12)17)19-7-8-20-14-4-2-1-3-11(14)15(18)21/h1-6,9H,7-8H2,(H2,18,21). The summed E-state index contributed by atoms with van der Waals surface area (Å²) in [6, 6.07) is 11.7. The van der Waals surface area contributed by atoms with Crippen molar-refractivity contribution in [2.75, 3.05) is 13.2 Å². The Labute approximate surface area is 136 Å². The molecule has 2 N–H and O–H groups in total. The zero-order valence-electron chi connectivity index (χ0n) is 11.0. The third kappa shape index (κ3) is 4.41. The highest BCUT2D eigenvalue weighted by Gasteiger charge is 2.05. The highest BCUT2D eigenvalue weighted by atomic mass is 79.9. The Balaban J connectivity index is 1.87. The average Bonchev–Trinajstić information content (AvgIpc) is 2.47. The Morgan fingerprint density at radius 1 is 1.14 bits per heavy atom. The largest absolute Gasteiger partial charge is 0.490 e. The van der Waals surface area contributed by atoms with Crippen molar-refractivity contribution in [1.82, 2.24) is 0 Å². The summed E-state index contributed by atoms with van der Waals surface area (Å²) in [5.41, 5.74) is 6.31. The molecule has 0 amide bonds. The van der Waals surface area contributed by atoms with Gasteiger partial charge in [0.2, 0.25) is 0 Å². The topological polar surface area (TPSA) is 44.5 Å². The number of rotatable bonds is 6. The van der Waals surface area contributed by atoms with E-state index in [1.165, 1.54) is 6.07 Å². The zero-order chi connectivity index (χ0) is 15.2. The van der Waals surface area contributed by atoms with Gasteiger partial charge in [-0.15, -0.1) is 0 Å². The quantitative estimate of drug-likeness (QED) is 0.623. The van der Waals surface area contributed by atoms with Crippen molar-refractivity contribution in [3.8, 4) is 11.5 Å². The molecule has 0 saturated heterocycles. The molecule has 2 rings (SSSR count). The first kappa shape index (κ1) is 15.7. The van der Waals surface area contributed by atoms with Crippen LogP contribution in [0.15, 0.2) is 46.9 Å². The molecule has 21 heavy (non-hydrogen) atoms. The second-order valence-electron chi connectivity index (χ2n) is 4.13. The van der Waals surface area contributed by atoms with Crippen LogP contribution < -0.4 is 15.2 Å². The third-order valence-corrected chi connectivity index (χ3v) is 3.48. The molecule has 0 atom stereocenters. The van der Waals surface area contributed by atoms with Gasteiger partial charge in [-0.3, -0.25) is 0 Å². The van der Waals surface area contributed by atoms with Crippen molar-refractivity contribution in [2.24, 2.45) is 5.73 Å². The SMILES string of the molecule is NC(=S)c1ccccc1OCCOc1ccc(F)c(Br)c1. The highest BCUT2D eigenvalue weighted by molar-refractivity contribution is 9.10. The van der Waals surface area contributed by atoms with Crippen molar-refractivity contribution >= 4 is 33.1 Å². The Kier molecular flexibility index (Phi) is 5.52. The van der Waals surface area contributed by atoms with Gasteiger partial charge in [0.05, 0.1) is 10.0 Å². The van der Waals surface area contributed by atoms with E-state index in [-0.39, 0.29) is 10.8 Å². The molecule has 110 valence electrons. The Bertz CT molecular complexity index is 651. The minimum Gasteiger partial charge on any atom is -0.490 e. The van der Waals surface area contributed by atoms with Gasteiger partial charge in [-0.25, -0.2) is 4.39 Å². The van der Waals surface area contributed by atoms with Gasteiger partial charge < -0.3 is 15.2 Å². The molecule has 0 saturated carbocycles. The average molecular weight is 370 g/mol. The summed E-state index contributed by atoms with van der Waals surface area (Å²) in [5.74, 6) is 0.854. The number of hydrogen-bond acceptors (Lipinski definition) is 3. The van der Waals surface area contributed by atoms with Crippen LogP contribution in [0.2, 0.25) is 0 Å². The number of benzene rings is 2. The lowest BCUT2D eigenvalue weighted by Crippen LogP contribution is -2.14. The van der Waals surface area contributed by atoms with Gasteiger partial charge in [0.15, 0.2) is 0 Å². The maximum absolute atomic E-state index is 13.1. The first-order chi connectivity index (χ1) is 10.1. The minimum atomic E-state index is -0.330. The molecule has 2 aromatic rings. The summed E-state index contributed by atoms with van der Waals surface area (Å²) in [4.78, 5) is 0.286. The molecule has 0 radical (unpaired) electrons. The van der Waals surface area contributed by atoms with E-state index >= 15 is 0 Å². The van der Waals surface area contributed by atoms with E-state index < -0.39 is 0 Å². The summed E-state index contributed by atoms with van der Waals surface area (Å²) >= 11 is 8.06. The Hall–Kier alpha value is -1.66. The fourth-order valence-corrected chi connectivity index (χ4v) is 2.20. The second kappa shape index (κ2) is 7.38. The van der Waals surface area contributed by atoms with Gasteiger partial charge in [-0.1, -0.05) is 24.4 Å². The van der Waals surface area contributed by atoms with Crippen LogP contribution >= 0.6 is 28.1 Å². The van der Waals surface area contributed by atoms with Crippen LogP contribution in [-0.2, 0) is 0 Å². The fourth-order valence-electron chi connectivity index (χ4n) is 1.67. The first-order valence-electron chi connectivity index (χ1n) is 6.17. The lowest BCUT2D eigenvalue weighted by Gasteiger charge is -2.11. The molecule has 0 spiro atoms. The maximum atomic E-state index is 13.1. The summed E-state index contributed by atoms with van der Waals surface area (Å²) in [5, 5.41) is 0. The van der Waals surface area contributed by atoms with Crippen LogP contribution in [0.1, 0.15) is 5.56 Å². The van der Waals surface area contributed by atoms with Gasteiger partial charge in [-0.05, 0) is 46.3 Å². The van der Waals surface area contributed by atoms with Crippen LogP contribution in [0.5, 0.6) is 11.5 Å². The van der Waals surface area contributed by atoms with E-state index in [1.807, 2.05) is 12.1 Å². The Morgan fingerprint density at radius 2 is 1.86 bits per heavy atom. The molecule has 0 aliphatic rings. The molecule has 3 nitrogen and oxygen atoms in total. The maximum Gasteiger partial charge on any atom is 0.137 e. The number of ether oxygens (including phenoxy) is 2. The predicted molar refractivity (Wildman–Crippen MR) is 87.4 cm³/mol. The molecule has 0 unspecified atom stereocenters. The second-order valence-corrected chi connectivity index (χ2v) is 5.43. The summed E-state index contributed by atoms with van der Waals surface area (Å²) in [6.07, 6.45) is 0. The van der Waals surface area contributed by atoms with Crippen molar-refractivity contribution in [3.05, 3.63) is 58.3 Å². The minimum absolute atomic E-state index is 0.286. The molecule has 0 aliphatic heterocycles. The molecule has 0 fully saturated rings. The van der Waals surface area contributed by atoms with E-state index in [0.29, 0.717) is 34.7 Å². The van der Waals surface area contributed by atoms with Gasteiger partial charge >= 0.3 is 0 Å². The molecule has 0 aromatic heterocycles. The van der Waals surface area contributed by atoms with E-state index in [2.05, 4.69) is 15.9 Å². The van der Waals surface area contributed by atoms with Crippen molar-refractivity contribution in [2.45, 2.75) is 0 Å². The van der Waals surface area contributed by atoms with E-state index in [0.717, 1.165) is 0 Å². The number of thiocarbonyl (C=S) groups is 1. The molecule has 2 aromatic carbocycles. The third-order valence-electron chi connectivity index (χ3n) is 2.65. The Morgan fingerprint density at radius 3 is 2.57 bits per heavy atom. The van der Waals surface area contributed by atoms with Gasteiger partial charge in [0, 0.05) is 0 Å². The monoisotopic (exact) mass is 369 g/mol. The first-order valence-corrected chi connectivity index (χ1v) is 7.37. The van der Waals surface area contributed by atoms with Crippen molar-refractivity contribution in [3.63, 3.8) is 0 Å². The molecule has 0 bridgehead atoms. The van der Waals surface area contributed by atoms with Crippen LogP contribution in [0.4, 0.5) is 4.39 Å². The molecule has 0 heterocycles. The van der Waals surface area contributed by atoms with E-state index in [4.69, 9.17) is 27.4 Å². The number of para-hydroxylation sites is 1. The van der Waals surface area contributed by atoms with Crippen LogP contribution in [0.25, 0.3) is 0 Å². The van der Waals surface area contributed by atoms with E-state index in [1.54, 1.807) is 24.3 Å². The number of hydrogen-bond donors (Lipinski definition) is 1. The predicted octanol–water partition coefficient (Wildman–Crippen LogP) is 3.68. The smallest absolute Gasteiger partial charge is 0.137 e. The normalized spacial score (nSPS) is 10.2. The van der Waals surface area contributed by atoms with Crippen LogP contribution in [-0.4, -0.2) is 18.2 Å². The van der Waals surface area contributed by atoms with Crippen LogP contribution in [0, 0.1) is 5.82 Å². The summed E-state index contributed by atoms with van der Waals surface area (Å²) in [7, 11) is 0.